The molecule has 0 spiro atoms. The molecule has 0 atom stereocenters. The number of aromatic nitrogens is 4. The van der Waals surface area contributed by atoms with E-state index in [1.165, 1.54) is 6.07 Å². The largest absolute Gasteiger partial charge is 0.289 e. The monoisotopic (exact) mass is 208 g/mol. The summed E-state index contributed by atoms with van der Waals surface area (Å²) in [4.78, 5) is 14.5. The molecule has 2 rings (SSSR count). The molecule has 0 aliphatic heterocycles. The van der Waals surface area contributed by atoms with Gasteiger partial charge in [-0.15, -0.1) is 10.2 Å². The zero-order valence-corrected chi connectivity index (χ0v) is 7.72. The molecule has 0 aliphatic carbocycles. The molecule has 2 heterocycles. The number of imidazole rings is 1. The van der Waals surface area contributed by atoms with Crippen molar-refractivity contribution in [3.8, 4) is 5.82 Å². The van der Waals surface area contributed by atoms with Crippen LogP contribution in [0, 0.1) is 0 Å². The lowest BCUT2D eigenvalue weighted by molar-refractivity contribution is 0.107. The second kappa shape index (κ2) is 3.55. The lowest BCUT2D eigenvalue weighted by Crippen LogP contribution is -2.01. The number of halogens is 1. The lowest BCUT2D eigenvalue weighted by atomic mass is 10.4. The van der Waals surface area contributed by atoms with Crippen molar-refractivity contribution in [2.24, 2.45) is 0 Å². The SMILES string of the molecule is O=C(Cl)c1ccc(-n2ccnc2)nn1. The minimum Gasteiger partial charge on any atom is -0.289 e. The molecule has 0 radical (unpaired) electrons. The highest BCUT2D eigenvalue weighted by Crippen LogP contribution is 2.04. The van der Waals surface area contributed by atoms with Crippen LogP contribution in [0.25, 0.3) is 5.82 Å². The normalized spacial score (nSPS) is 10.1. The number of hydrogen-bond acceptors (Lipinski definition) is 4. The van der Waals surface area contributed by atoms with Gasteiger partial charge in [0.15, 0.2) is 5.82 Å². The maximum Gasteiger partial charge on any atom is 0.272 e. The Bertz CT molecular complexity index is 437. The first-order valence-corrected chi connectivity index (χ1v) is 4.17. The molecule has 0 aliphatic rings. The van der Waals surface area contributed by atoms with E-state index in [0.29, 0.717) is 5.82 Å². The van der Waals surface area contributed by atoms with Crippen LogP contribution in [0.4, 0.5) is 0 Å². The van der Waals surface area contributed by atoms with Crippen LogP contribution >= 0.6 is 11.6 Å². The van der Waals surface area contributed by atoms with Gasteiger partial charge < -0.3 is 0 Å². The third-order valence-electron chi connectivity index (χ3n) is 1.62. The van der Waals surface area contributed by atoms with Crippen LogP contribution in [0.2, 0.25) is 0 Å². The van der Waals surface area contributed by atoms with Crippen LogP contribution in [0.5, 0.6) is 0 Å². The number of rotatable bonds is 2. The van der Waals surface area contributed by atoms with Crippen molar-refractivity contribution in [3.63, 3.8) is 0 Å². The Morgan fingerprint density at radius 2 is 2.21 bits per heavy atom. The third kappa shape index (κ3) is 1.62. The van der Waals surface area contributed by atoms with E-state index in [1.54, 1.807) is 29.4 Å². The molecule has 0 amide bonds. The van der Waals surface area contributed by atoms with E-state index in [1.807, 2.05) is 0 Å². The van der Waals surface area contributed by atoms with Gasteiger partial charge in [0.05, 0.1) is 0 Å². The lowest BCUT2D eigenvalue weighted by Gasteiger charge is -1.98. The number of hydrogen-bond donors (Lipinski definition) is 0. The molecular formula is C8H5ClN4O. The Labute approximate surface area is 84.4 Å². The fraction of sp³-hybridized carbons (Fsp3) is 0. The Balaban J connectivity index is 2.36. The van der Waals surface area contributed by atoms with Gasteiger partial charge in [0.1, 0.15) is 12.0 Å². The Morgan fingerprint density at radius 1 is 1.36 bits per heavy atom. The topological polar surface area (TPSA) is 60.7 Å². The summed E-state index contributed by atoms with van der Waals surface area (Å²) in [6.45, 7) is 0. The highest BCUT2D eigenvalue weighted by Gasteiger charge is 2.04. The Kier molecular flexibility index (Phi) is 2.24. The van der Waals surface area contributed by atoms with Gasteiger partial charge in [-0.1, -0.05) is 0 Å². The standard InChI is InChI=1S/C8H5ClN4O/c9-8(14)6-1-2-7(12-11-6)13-4-3-10-5-13/h1-5H. The van der Waals surface area contributed by atoms with Gasteiger partial charge in [-0.05, 0) is 23.7 Å². The molecule has 0 bridgehead atoms. The van der Waals surface area contributed by atoms with Gasteiger partial charge in [-0.25, -0.2) is 4.98 Å². The second-order valence-electron chi connectivity index (χ2n) is 2.52. The Morgan fingerprint density at radius 3 is 2.71 bits per heavy atom. The van der Waals surface area contributed by atoms with Gasteiger partial charge in [-0.2, -0.15) is 0 Å². The predicted octanol–water partition coefficient (Wildman–Crippen LogP) is 1.04. The minimum atomic E-state index is -0.616. The van der Waals surface area contributed by atoms with Crippen molar-refractivity contribution in [2.75, 3.05) is 0 Å². The molecule has 6 heteroatoms. The van der Waals surface area contributed by atoms with Crippen molar-refractivity contribution >= 4 is 16.8 Å². The minimum absolute atomic E-state index is 0.135. The predicted molar refractivity (Wildman–Crippen MR) is 49.3 cm³/mol. The summed E-state index contributed by atoms with van der Waals surface area (Å²) in [6, 6.07) is 3.15. The van der Waals surface area contributed by atoms with E-state index in [9.17, 15) is 4.79 Å². The molecule has 2 aromatic rings. The van der Waals surface area contributed by atoms with Crippen molar-refractivity contribution in [3.05, 3.63) is 36.5 Å². The van der Waals surface area contributed by atoms with Gasteiger partial charge >= 0.3 is 0 Å². The van der Waals surface area contributed by atoms with Gasteiger partial charge in [0, 0.05) is 12.4 Å². The molecule has 5 nitrogen and oxygen atoms in total. The van der Waals surface area contributed by atoms with Crippen molar-refractivity contribution in [1.29, 1.82) is 0 Å². The molecule has 0 aromatic carbocycles. The first-order chi connectivity index (χ1) is 6.77. The maximum atomic E-state index is 10.7. The van der Waals surface area contributed by atoms with Gasteiger partial charge in [-0.3, -0.25) is 9.36 Å². The number of nitrogens with zero attached hydrogens (tertiary/aromatic N) is 4. The molecular weight excluding hydrogens is 204 g/mol. The van der Waals surface area contributed by atoms with E-state index in [2.05, 4.69) is 15.2 Å². The average molecular weight is 209 g/mol. The first-order valence-electron chi connectivity index (χ1n) is 3.79. The fourth-order valence-electron chi connectivity index (χ4n) is 0.962. The Hall–Kier alpha value is -1.75. The highest BCUT2D eigenvalue weighted by molar-refractivity contribution is 6.67. The number of carbonyl (C=O) groups excluding carboxylic acids is 1. The maximum absolute atomic E-state index is 10.7. The average Bonchev–Trinajstić information content (AvgIpc) is 2.71. The summed E-state index contributed by atoms with van der Waals surface area (Å²) < 4.78 is 1.68. The van der Waals surface area contributed by atoms with E-state index in [0.717, 1.165) is 0 Å². The summed E-state index contributed by atoms with van der Waals surface area (Å²) in [5, 5.41) is 6.85. The van der Waals surface area contributed by atoms with Crippen molar-refractivity contribution in [1.82, 2.24) is 19.7 Å². The molecule has 70 valence electrons. The molecule has 0 fully saturated rings. The number of carbonyl (C=O) groups is 1. The van der Waals surface area contributed by atoms with E-state index in [4.69, 9.17) is 11.6 Å². The molecule has 0 saturated heterocycles. The molecule has 0 saturated carbocycles. The fourth-order valence-corrected chi connectivity index (χ4v) is 1.06. The van der Waals surface area contributed by atoms with E-state index in [-0.39, 0.29) is 5.69 Å². The molecule has 2 aromatic heterocycles. The van der Waals surface area contributed by atoms with Crippen LogP contribution in [0.3, 0.4) is 0 Å². The summed E-state index contributed by atoms with van der Waals surface area (Å²) in [5.74, 6) is 0.587. The van der Waals surface area contributed by atoms with Crippen LogP contribution < -0.4 is 0 Å². The van der Waals surface area contributed by atoms with E-state index < -0.39 is 5.24 Å². The summed E-state index contributed by atoms with van der Waals surface area (Å²) in [7, 11) is 0. The summed E-state index contributed by atoms with van der Waals surface area (Å²) >= 11 is 5.22. The van der Waals surface area contributed by atoms with Crippen LogP contribution in [-0.2, 0) is 0 Å². The van der Waals surface area contributed by atoms with Crippen molar-refractivity contribution < 1.29 is 4.79 Å². The molecule has 0 unspecified atom stereocenters. The second-order valence-corrected chi connectivity index (χ2v) is 2.86. The summed E-state index contributed by atoms with van der Waals surface area (Å²) in [6.07, 6.45) is 4.95. The van der Waals surface area contributed by atoms with Crippen molar-refractivity contribution in [2.45, 2.75) is 0 Å². The van der Waals surface area contributed by atoms with Crippen LogP contribution in [-0.4, -0.2) is 25.0 Å². The first kappa shape index (κ1) is 8.83. The van der Waals surface area contributed by atoms with Gasteiger partial charge in [0.25, 0.3) is 5.24 Å². The molecule has 0 N–H and O–H groups in total. The van der Waals surface area contributed by atoms with Crippen LogP contribution in [0.15, 0.2) is 30.9 Å². The van der Waals surface area contributed by atoms with Crippen LogP contribution in [0.1, 0.15) is 10.5 Å². The molecule has 14 heavy (non-hydrogen) atoms. The van der Waals surface area contributed by atoms with E-state index >= 15 is 0 Å². The quantitative estimate of drug-likeness (QED) is 0.692. The van der Waals surface area contributed by atoms with Gasteiger partial charge in [0.2, 0.25) is 0 Å². The third-order valence-corrected chi connectivity index (χ3v) is 1.81. The zero-order valence-electron chi connectivity index (χ0n) is 6.96. The smallest absolute Gasteiger partial charge is 0.272 e. The highest BCUT2D eigenvalue weighted by atomic mass is 35.5. The summed E-state index contributed by atoms with van der Waals surface area (Å²) in [5.41, 5.74) is 0.135. The zero-order chi connectivity index (χ0) is 9.97.